The fraction of sp³-hybridized carbons (Fsp3) is 0.579. The average molecular weight is 459 g/mol. The molecule has 0 heterocycles. The number of aryl methyl sites for hydroxylation is 1. The average Bonchev–Trinajstić information content (AvgIpc) is 2.61. The van der Waals surface area contributed by atoms with Crippen LogP contribution in [0.25, 0.3) is 0 Å². The second-order valence-electron chi connectivity index (χ2n) is 6.28. The van der Waals surface area contributed by atoms with Crippen molar-refractivity contribution in [2.45, 2.75) is 57.8 Å². The Morgan fingerprint density at radius 1 is 1.20 bits per heavy atom. The lowest BCUT2D eigenvalue weighted by Crippen LogP contribution is -2.24. The molecule has 0 atom stereocenters. The number of carbonyl (C=O) groups is 1. The van der Waals surface area contributed by atoms with Crippen LogP contribution in [0.5, 0.6) is 0 Å². The molecule has 0 fully saturated rings. The van der Waals surface area contributed by atoms with Crippen LogP contribution in [-0.4, -0.2) is 25.6 Å². The van der Waals surface area contributed by atoms with E-state index in [-0.39, 0.29) is 29.9 Å². The molecule has 0 radical (unpaired) electrons. The molecule has 0 saturated heterocycles. The number of ether oxygens (including phenoxy) is 1. The van der Waals surface area contributed by atoms with E-state index in [1.165, 1.54) is 31.1 Å². The number of halogens is 1. The second kappa shape index (κ2) is 12.1. The van der Waals surface area contributed by atoms with E-state index in [1.807, 2.05) is 0 Å². The number of esters is 1. The summed E-state index contributed by atoms with van der Waals surface area (Å²) < 4.78 is 4.62. The van der Waals surface area contributed by atoms with Crippen molar-refractivity contribution in [2.24, 2.45) is 10.7 Å². The van der Waals surface area contributed by atoms with Crippen molar-refractivity contribution in [1.82, 2.24) is 0 Å². The van der Waals surface area contributed by atoms with Gasteiger partial charge in [-0.3, -0.25) is 9.79 Å². The molecule has 0 saturated carbocycles. The fourth-order valence-corrected chi connectivity index (χ4v) is 3.11. The van der Waals surface area contributed by atoms with Gasteiger partial charge in [-0.05, 0) is 55.7 Å². The van der Waals surface area contributed by atoms with E-state index >= 15 is 0 Å². The number of guanidine groups is 1. The number of rotatable bonds is 8. The molecule has 0 unspecified atom stereocenters. The van der Waals surface area contributed by atoms with Crippen LogP contribution in [0.15, 0.2) is 23.2 Å². The molecule has 6 heteroatoms. The number of hydrogen-bond donors (Lipinski definition) is 2. The van der Waals surface area contributed by atoms with Gasteiger partial charge in [-0.25, -0.2) is 0 Å². The molecule has 0 amide bonds. The zero-order valence-corrected chi connectivity index (χ0v) is 17.4. The standard InChI is InChI=1S/C19H29N3O2.HI/c1-24-18(23)13-4-2-3-7-14-21-19(20)22-17-12-8-10-15-9-5-6-11-16(15)17;/h8,10,12H,2-7,9,11,13-14H2,1H3,(H3,20,21,22);1H. The number of anilines is 1. The molecule has 25 heavy (non-hydrogen) atoms. The molecule has 1 aromatic carbocycles. The predicted octanol–water partition coefficient (Wildman–Crippen LogP) is 4.03. The van der Waals surface area contributed by atoms with Crippen molar-refractivity contribution in [1.29, 1.82) is 0 Å². The van der Waals surface area contributed by atoms with Crippen molar-refractivity contribution in [3.05, 3.63) is 29.3 Å². The number of hydrogen-bond acceptors (Lipinski definition) is 3. The van der Waals surface area contributed by atoms with Gasteiger partial charge in [0.25, 0.3) is 0 Å². The number of nitrogens with one attached hydrogen (secondary N) is 1. The third-order valence-corrected chi connectivity index (χ3v) is 4.46. The molecule has 1 aliphatic carbocycles. The topological polar surface area (TPSA) is 76.7 Å². The largest absolute Gasteiger partial charge is 0.469 e. The molecule has 0 aliphatic heterocycles. The fourth-order valence-electron chi connectivity index (χ4n) is 3.11. The summed E-state index contributed by atoms with van der Waals surface area (Å²) in [6.45, 7) is 0.714. The number of nitrogens with two attached hydrogens (primary N) is 1. The van der Waals surface area contributed by atoms with Gasteiger partial charge < -0.3 is 15.8 Å². The summed E-state index contributed by atoms with van der Waals surface area (Å²) in [6.07, 6.45) is 9.22. The van der Waals surface area contributed by atoms with Crippen LogP contribution in [0.4, 0.5) is 5.69 Å². The van der Waals surface area contributed by atoms with Crippen molar-refractivity contribution < 1.29 is 9.53 Å². The first kappa shape index (κ1) is 21.7. The summed E-state index contributed by atoms with van der Waals surface area (Å²) in [7, 11) is 1.43. The summed E-state index contributed by atoms with van der Waals surface area (Å²) in [6, 6.07) is 6.38. The lowest BCUT2D eigenvalue weighted by atomic mass is 9.90. The zero-order valence-electron chi connectivity index (χ0n) is 15.1. The Hall–Kier alpha value is -1.31. The van der Waals surface area contributed by atoms with E-state index in [4.69, 9.17) is 5.73 Å². The third kappa shape index (κ3) is 7.63. The molecule has 140 valence electrons. The molecular formula is C19H30IN3O2. The Kier molecular flexibility index (Phi) is 10.5. The summed E-state index contributed by atoms with van der Waals surface area (Å²) in [5, 5.41) is 3.26. The number of fused-ring (bicyclic) bond motifs is 1. The Bertz CT molecular complexity index is 576. The minimum Gasteiger partial charge on any atom is -0.469 e. The molecule has 5 nitrogen and oxygen atoms in total. The lowest BCUT2D eigenvalue weighted by Gasteiger charge is -2.19. The van der Waals surface area contributed by atoms with Crippen LogP contribution in [0.1, 0.15) is 56.1 Å². The summed E-state index contributed by atoms with van der Waals surface area (Å²) in [5.74, 6) is 0.358. The maximum Gasteiger partial charge on any atom is 0.305 e. The molecular weight excluding hydrogens is 429 g/mol. The Labute approximate surface area is 167 Å². The van der Waals surface area contributed by atoms with Crippen LogP contribution in [0.3, 0.4) is 0 Å². The summed E-state index contributed by atoms with van der Waals surface area (Å²) in [5.41, 5.74) is 9.95. The minimum absolute atomic E-state index is 0. The van der Waals surface area contributed by atoms with Gasteiger partial charge in [0.1, 0.15) is 0 Å². The highest BCUT2D eigenvalue weighted by atomic mass is 127. The molecule has 3 N–H and O–H groups in total. The van der Waals surface area contributed by atoms with E-state index in [9.17, 15) is 4.79 Å². The molecule has 1 aliphatic rings. The maximum absolute atomic E-state index is 11.0. The Morgan fingerprint density at radius 3 is 2.76 bits per heavy atom. The van der Waals surface area contributed by atoms with Crippen LogP contribution in [0.2, 0.25) is 0 Å². The normalized spacial score (nSPS) is 13.6. The molecule has 2 rings (SSSR count). The second-order valence-corrected chi connectivity index (χ2v) is 6.28. The summed E-state index contributed by atoms with van der Waals surface area (Å²) >= 11 is 0. The van der Waals surface area contributed by atoms with Crippen LogP contribution in [0, 0.1) is 0 Å². The maximum atomic E-state index is 11.0. The van der Waals surface area contributed by atoms with Gasteiger partial charge in [-0.1, -0.05) is 25.0 Å². The highest BCUT2D eigenvalue weighted by Crippen LogP contribution is 2.27. The molecule has 0 aromatic heterocycles. The van der Waals surface area contributed by atoms with E-state index in [1.54, 1.807) is 0 Å². The van der Waals surface area contributed by atoms with Gasteiger partial charge in [0.2, 0.25) is 0 Å². The SMILES string of the molecule is COC(=O)CCCCCCN=C(N)Nc1cccc2c1CCCC2.I. The molecule has 1 aromatic rings. The van der Waals surface area contributed by atoms with E-state index < -0.39 is 0 Å². The smallest absolute Gasteiger partial charge is 0.305 e. The first-order valence-corrected chi connectivity index (χ1v) is 8.95. The van der Waals surface area contributed by atoms with E-state index in [0.29, 0.717) is 18.9 Å². The van der Waals surface area contributed by atoms with Gasteiger partial charge in [-0.15, -0.1) is 24.0 Å². The molecule has 0 spiro atoms. The highest BCUT2D eigenvalue weighted by Gasteiger charge is 2.12. The van der Waals surface area contributed by atoms with E-state index in [0.717, 1.165) is 44.2 Å². The number of carbonyl (C=O) groups excluding carboxylic acids is 1. The first-order chi connectivity index (χ1) is 11.7. The number of nitrogens with zero attached hydrogens (tertiary/aromatic N) is 1. The zero-order chi connectivity index (χ0) is 17.2. The first-order valence-electron chi connectivity index (χ1n) is 8.95. The van der Waals surface area contributed by atoms with Crippen LogP contribution < -0.4 is 11.1 Å². The lowest BCUT2D eigenvalue weighted by molar-refractivity contribution is -0.140. The van der Waals surface area contributed by atoms with Crippen molar-refractivity contribution in [3.63, 3.8) is 0 Å². The number of benzene rings is 1. The van der Waals surface area contributed by atoms with Crippen molar-refractivity contribution in [3.8, 4) is 0 Å². The van der Waals surface area contributed by atoms with Crippen LogP contribution in [-0.2, 0) is 22.4 Å². The Morgan fingerprint density at radius 2 is 1.96 bits per heavy atom. The summed E-state index contributed by atoms with van der Waals surface area (Å²) in [4.78, 5) is 15.4. The minimum atomic E-state index is -0.132. The highest BCUT2D eigenvalue weighted by molar-refractivity contribution is 14.0. The number of methoxy groups -OCH3 is 1. The number of unbranched alkanes of at least 4 members (excludes halogenated alkanes) is 3. The van der Waals surface area contributed by atoms with Gasteiger partial charge in [0.15, 0.2) is 5.96 Å². The third-order valence-electron chi connectivity index (χ3n) is 4.46. The molecule has 0 bridgehead atoms. The number of aliphatic imine (C=N–C) groups is 1. The van der Waals surface area contributed by atoms with Gasteiger partial charge in [0.05, 0.1) is 7.11 Å². The Balaban J connectivity index is 0.00000312. The quantitative estimate of drug-likeness (QED) is 0.202. The van der Waals surface area contributed by atoms with Gasteiger partial charge >= 0.3 is 5.97 Å². The van der Waals surface area contributed by atoms with Gasteiger partial charge in [-0.2, -0.15) is 0 Å². The van der Waals surface area contributed by atoms with E-state index in [2.05, 4.69) is 33.2 Å². The van der Waals surface area contributed by atoms with Crippen LogP contribution >= 0.6 is 24.0 Å². The predicted molar refractivity (Wildman–Crippen MR) is 114 cm³/mol. The van der Waals surface area contributed by atoms with Crippen molar-refractivity contribution >= 4 is 41.6 Å². The van der Waals surface area contributed by atoms with Crippen molar-refractivity contribution in [2.75, 3.05) is 19.0 Å². The monoisotopic (exact) mass is 459 g/mol. The van der Waals surface area contributed by atoms with Gasteiger partial charge in [0, 0.05) is 18.7 Å².